The lowest BCUT2D eigenvalue weighted by Gasteiger charge is -2.36. The zero-order chi connectivity index (χ0) is 16.9. The van der Waals surface area contributed by atoms with Gasteiger partial charge in [0.15, 0.2) is 0 Å². The molecule has 6 heteroatoms. The van der Waals surface area contributed by atoms with Crippen LogP contribution >= 0.6 is 0 Å². The SMILES string of the molecule is CC(C)N1CCN(C(=O)c2ccc(OC3CCOCC3)nc2)CC1. The molecule has 1 amide bonds. The first-order valence-electron chi connectivity index (χ1n) is 8.87. The molecule has 2 aliphatic rings. The number of amides is 1. The third-order valence-corrected chi connectivity index (χ3v) is 4.77. The minimum absolute atomic E-state index is 0.0588. The number of carbonyl (C=O) groups is 1. The summed E-state index contributed by atoms with van der Waals surface area (Å²) in [5.74, 6) is 0.645. The Morgan fingerprint density at radius 3 is 2.50 bits per heavy atom. The Morgan fingerprint density at radius 1 is 1.21 bits per heavy atom. The van der Waals surface area contributed by atoms with Crippen molar-refractivity contribution in [1.82, 2.24) is 14.8 Å². The molecule has 132 valence electrons. The lowest BCUT2D eigenvalue weighted by Crippen LogP contribution is -2.50. The zero-order valence-corrected chi connectivity index (χ0v) is 14.6. The minimum Gasteiger partial charge on any atom is -0.474 e. The van der Waals surface area contributed by atoms with E-state index >= 15 is 0 Å². The van der Waals surface area contributed by atoms with Gasteiger partial charge < -0.3 is 14.4 Å². The van der Waals surface area contributed by atoms with E-state index in [1.807, 2.05) is 11.0 Å². The van der Waals surface area contributed by atoms with Crippen LogP contribution in [0.4, 0.5) is 0 Å². The van der Waals surface area contributed by atoms with Gasteiger partial charge >= 0.3 is 0 Å². The molecule has 0 atom stereocenters. The molecule has 6 nitrogen and oxygen atoms in total. The van der Waals surface area contributed by atoms with E-state index < -0.39 is 0 Å². The van der Waals surface area contributed by atoms with Gasteiger partial charge in [0.05, 0.1) is 18.8 Å². The van der Waals surface area contributed by atoms with Gasteiger partial charge in [-0.3, -0.25) is 9.69 Å². The van der Waals surface area contributed by atoms with Gasteiger partial charge in [-0.15, -0.1) is 0 Å². The monoisotopic (exact) mass is 333 g/mol. The molecule has 0 N–H and O–H groups in total. The van der Waals surface area contributed by atoms with E-state index in [0.717, 1.165) is 52.2 Å². The van der Waals surface area contributed by atoms with Crippen molar-refractivity contribution in [2.75, 3.05) is 39.4 Å². The minimum atomic E-state index is 0.0588. The number of piperazine rings is 1. The Hall–Kier alpha value is -1.66. The number of carbonyl (C=O) groups excluding carboxylic acids is 1. The van der Waals surface area contributed by atoms with Crippen LogP contribution in [-0.2, 0) is 4.74 Å². The van der Waals surface area contributed by atoms with E-state index in [-0.39, 0.29) is 12.0 Å². The molecule has 2 aliphatic heterocycles. The molecule has 0 spiro atoms. The molecule has 1 aromatic rings. The van der Waals surface area contributed by atoms with Crippen LogP contribution < -0.4 is 4.74 Å². The van der Waals surface area contributed by atoms with Gasteiger partial charge in [0.1, 0.15) is 6.10 Å². The smallest absolute Gasteiger partial charge is 0.255 e. The van der Waals surface area contributed by atoms with Crippen LogP contribution in [0.1, 0.15) is 37.0 Å². The quantitative estimate of drug-likeness (QED) is 0.841. The molecule has 0 aliphatic carbocycles. The number of hydrogen-bond donors (Lipinski definition) is 0. The van der Waals surface area contributed by atoms with E-state index in [9.17, 15) is 4.79 Å². The Labute approximate surface area is 143 Å². The number of aromatic nitrogens is 1. The molecule has 24 heavy (non-hydrogen) atoms. The van der Waals surface area contributed by atoms with Crippen molar-refractivity contribution in [3.05, 3.63) is 23.9 Å². The van der Waals surface area contributed by atoms with Gasteiger partial charge in [-0.2, -0.15) is 0 Å². The van der Waals surface area contributed by atoms with E-state index in [1.165, 1.54) is 0 Å². The van der Waals surface area contributed by atoms with E-state index in [0.29, 0.717) is 17.5 Å². The highest BCUT2D eigenvalue weighted by atomic mass is 16.5. The van der Waals surface area contributed by atoms with Crippen molar-refractivity contribution in [2.24, 2.45) is 0 Å². The Morgan fingerprint density at radius 2 is 1.92 bits per heavy atom. The summed E-state index contributed by atoms with van der Waals surface area (Å²) in [4.78, 5) is 21.2. The molecule has 0 aromatic carbocycles. The summed E-state index contributed by atoms with van der Waals surface area (Å²) in [6.45, 7) is 9.28. The summed E-state index contributed by atoms with van der Waals surface area (Å²) in [6.07, 6.45) is 3.58. The van der Waals surface area contributed by atoms with Crippen molar-refractivity contribution in [2.45, 2.75) is 38.8 Å². The first kappa shape index (κ1) is 17.2. The molecule has 0 radical (unpaired) electrons. The summed E-state index contributed by atoms with van der Waals surface area (Å²) in [5.41, 5.74) is 0.632. The van der Waals surface area contributed by atoms with Gasteiger partial charge in [-0.05, 0) is 19.9 Å². The van der Waals surface area contributed by atoms with Gasteiger partial charge in [-0.1, -0.05) is 0 Å². The topological polar surface area (TPSA) is 54.9 Å². The number of hydrogen-bond acceptors (Lipinski definition) is 5. The summed E-state index contributed by atoms with van der Waals surface area (Å²) in [5, 5.41) is 0. The highest BCUT2D eigenvalue weighted by molar-refractivity contribution is 5.94. The van der Waals surface area contributed by atoms with Crippen molar-refractivity contribution in [3.8, 4) is 5.88 Å². The maximum absolute atomic E-state index is 12.6. The second kappa shape index (κ2) is 7.94. The van der Waals surface area contributed by atoms with Crippen molar-refractivity contribution < 1.29 is 14.3 Å². The molecule has 0 unspecified atom stereocenters. The van der Waals surface area contributed by atoms with Crippen LogP contribution in [0.5, 0.6) is 5.88 Å². The summed E-state index contributed by atoms with van der Waals surface area (Å²) >= 11 is 0. The molecule has 0 saturated carbocycles. The normalized spacial score (nSPS) is 20.4. The summed E-state index contributed by atoms with van der Waals surface area (Å²) in [6, 6.07) is 4.15. The lowest BCUT2D eigenvalue weighted by molar-refractivity contribution is 0.0237. The first-order chi connectivity index (χ1) is 11.6. The summed E-state index contributed by atoms with van der Waals surface area (Å²) < 4.78 is 11.2. The molecular formula is C18H27N3O3. The van der Waals surface area contributed by atoms with Crippen LogP contribution in [0.2, 0.25) is 0 Å². The predicted octanol–water partition coefficient (Wildman–Crippen LogP) is 1.81. The fraction of sp³-hybridized carbons (Fsp3) is 0.667. The molecule has 3 rings (SSSR count). The highest BCUT2D eigenvalue weighted by Crippen LogP contribution is 2.17. The Bertz CT molecular complexity index is 533. The molecular weight excluding hydrogens is 306 g/mol. The second-order valence-corrected chi connectivity index (χ2v) is 6.74. The molecule has 2 saturated heterocycles. The van der Waals surface area contributed by atoms with Crippen LogP contribution in [0.3, 0.4) is 0 Å². The predicted molar refractivity (Wildman–Crippen MR) is 91.3 cm³/mol. The van der Waals surface area contributed by atoms with Crippen molar-refractivity contribution in [3.63, 3.8) is 0 Å². The number of ether oxygens (including phenoxy) is 2. The zero-order valence-electron chi connectivity index (χ0n) is 14.6. The van der Waals surface area contributed by atoms with Crippen LogP contribution in [0.15, 0.2) is 18.3 Å². The fourth-order valence-corrected chi connectivity index (χ4v) is 3.17. The van der Waals surface area contributed by atoms with E-state index in [4.69, 9.17) is 9.47 Å². The van der Waals surface area contributed by atoms with Gasteiger partial charge in [-0.25, -0.2) is 4.98 Å². The van der Waals surface area contributed by atoms with Crippen LogP contribution in [-0.4, -0.2) is 72.2 Å². The Kier molecular flexibility index (Phi) is 5.68. The van der Waals surface area contributed by atoms with Crippen LogP contribution in [0, 0.1) is 0 Å². The average molecular weight is 333 g/mol. The van der Waals surface area contributed by atoms with Crippen LogP contribution in [0.25, 0.3) is 0 Å². The fourth-order valence-electron chi connectivity index (χ4n) is 3.17. The first-order valence-corrected chi connectivity index (χ1v) is 8.87. The van der Waals surface area contributed by atoms with Crippen molar-refractivity contribution >= 4 is 5.91 Å². The Balaban J connectivity index is 1.54. The third-order valence-electron chi connectivity index (χ3n) is 4.77. The van der Waals surface area contributed by atoms with Gasteiger partial charge in [0, 0.05) is 57.3 Å². The standard InChI is InChI=1S/C18H27N3O3/c1-14(2)20-7-9-21(10-8-20)18(22)15-3-4-17(19-13-15)24-16-5-11-23-12-6-16/h3-4,13-14,16H,5-12H2,1-2H3. The van der Waals surface area contributed by atoms with Crippen molar-refractivity contribution in [1.29, 1.82) is 0 Å². The maximum atomic E-state index is 12.6. The average Bonchev–Trinajstić information content (AvgIpc) is 2.63. The number of nitrogens with zero attached hydrogens (tertiary/aromatic N) is 3. The second-order valence-electron chi connectivity index (χ2n) is 6.74. The number of pyridine rings is 1. The molecule has 2 fully saturated rings. The van der Waals surface area contributed by atoms with E-state index in [2.05, 4.69) is 23.7 Å². The number of rotatable bonds is 4. The maximum Gasteiger partial charge on any atom is 0.255 e. The largest absolute Gasteiger partial charge is 0.474 e. The molecule has 1 aromatic heterocycles. The molecule has 3 heterocycles. The lowest BCUT2D eigenvalue weighted by atomic mass is 10.1. The van der Waals surface area contributed by atoms with Gasteiger partial charge in [0.2, 0.25) is 5.88 Å². The highest BCUT2D eigenvalue weighted by Gasteiger charge is 2.23. The van der Waals surface area contributed by atoms with Gasteiger partial charge in [0.25, 0.3) is 5.91 Å². The summed E-state index contributed by atoms with van der Waals surface area (Å²) in [7, 11) is 0. The third kappa shape index (κ3) is 4.24. The molecule has 0 bridgehead atoms. The van der Waals surface area contributed by atoms with E-state index in [1.54, 1.807) is 12.3 Å².